The van der Waals surface area contributed by atoms with Gasteiger partial charge in [0.25, 0.3) is 0 Å². The van der Waals surface area contributed by atoms with Crippen LogP contribution >= 0.6 is 0 Å². The molecule has 88 valence electrons. The summed E-state index contributed by atoms with van der Waals surface area (Å²) in [6, 6.07) is 0. The Morgan fingerprint density at radius 2 is 2.25 bits per heavy atom. The molecule has 0 saturated carbocycles. The summed E-state index contributed by atoms with van der Waals surface area (Å²) in [6.07, 6.45) is 4.66. The molecule has 1 unspecified atom stereocenters. The summed E-state index contributed by atoms with van der Waals surface area (Å²) >= 11 is 0. The van der Waals surface area contributed by atoms with Crippen LogP contribution in [-0.2, 0) is 9.53 Å². The van der Waals surface area contributed by atoms with Crippen molar-refractivity contribution in [1.29, 1.82) is 0 Å². The van der Waals surface area contributed by atoms with Crippen LogP contribution < -0.4 is 10.9 Å². The molecule has 1 saturated heterocycles. The highest BCUT2D eigenvalue weighted by molar-refractivity contribution is 5.73. The molecule has 2 rings (SSSR count). The SMILES string of the molecule is CC(=O)N1CCC(OC2=CNNC=C2C)C1. The summed E-state index contributed by atoms with van der Waals surface area (Å²) in [6.45, 7) is 5.06. The van der Waals surface area contributed by atoms with Crippen molar-refractivity contribution in [2.24, 2.45) is 0 Å². The number of ether oxygens (including phenoxy) is 1. The third-order valence-corrected chi connectivity index (χ3v) is 2.85. The van der Waals surface area contributed by atoms with Gasteiger partial charge in [0.1, 0.15) is 11.9 Å². The average Bonchev–Trinajstić information content (AvgIpc) is 2.70. The Labute approximate surface area is 95.1 Å². The van der Waals surface area contributed by atoms with Gasteiger partial charge in [-0.1, -0.05) is 0 Å². The van der Waals surface area contributed by atoms with E-state index in [1.807, 2.05) is 18.0 Å². The maximum absolute atomic E-state index is 11.2. The van der Waals surface area contributed by atoms with Gasteiger partial charge in [-0.25, -0.2) is 0 Å². The van der Waals surface area contributed by atoms with Crippen LogP contribution in [0, 0.1) is 0 Å². The molecular weight excluding hydrogens is 206 g/mol. The number of hydrogen-bond donors (Lipinski definition) is 2. The first-order valence-corrected chi connectivity index (χ1v) is 5.47. The molecule has 0 aromatic carbocycles. The summed E-state index contributed by atoms with van der Waals surface area (Å²) in [5.41, 5.74) is 6.82. The number of rotatable bonds is 2. The lowest BCUT2D eigenvalue weighted by Crippen LogP contribution is -2.29. The first-order valence-electron chi connectivity index (χ1n) is 5.47. The molecule has 1 atom stereocenters. The summed E-state index contributed by atoms with van der Waals surface area (Å²) in [4.78, 5) is 13.0. The number of carbonyl (C=O) groups is 1. The van der Waals surface area contributed by atoms with Crippen LogP contribution in [0.3, 0.4) is 0 Å². The fraction of sp³-hybridized carbons (Fsp3) is 0.545. The van der Waals surface area contributed by atoms with E-state index >= 15 is 0 Å². The van der Waals surface area contributed by atoms with Gasteiger partial charge in [-0.2, -0.15) is 0 Å². The smallest absolute Gasteiger partial charge is 0.219 e. The summed E-state index contributed by atoms with van der Waals surface area (Å²) in [5.74, 6) is 0.963. The van der Waals surface area contributed by atoms with Crippen LogP contribution in [0.1, 0.15) is 20.3 Å². The number of hydrazine groups is 1. The standard InChI is InChI=1S/C11H17N3O2/c1-8-5-12-13-6-11(8)16-10-3-4-14(7-10)9(2)15/h5-6,10,12-13H,3-4,7H2,1-2H3. The van der Waals surface area contributed by atoms with E-state index in [0.29, 0.717) is 6.54 Å². The third-order valence-electron chi connectivity index (χ3n) is 2.85. The Hall–Kier alpha value is -1.65. The van der Waals surface area contributed by atoms with Gasteiger partial charge in [-0.15, -0.1) is 0 Å². The first kappa shape index (κ1) is 10.9. The minimum Gasteiger partial charge on any atom is -0.487 e. The second kappa shape index (κ2) is 4.47. The second-order valence-electron chi connectivity index (χ2n) is 4.12. The largest absolute Gasteiger partial charge is 0.487 e. The molecule has 0 aliphatic carbocycles. The van der Waals surface area contributed by atoms with Gasteiger partial charge in [0, 0.05) is 31.7 Å². The summed E-state index contributed by atoms with van der Waals surface area (Å²) in [7, 11) is 0. The Bertz CT molecular complexity index is 349. The van der Waals surface area contributed by atoms with Gasteiger partial charge in [0.05, 0.1) is 12.7 Å². The van der Waals surface area contributed by atoms with Crippen molar-refractivity contribution in [2.75, 3.05) is 13.1 Å². The molecule has 0 bridgehead atoms. The van der Waals surface area contributed by atoms with Crippen molar-refractivity contribution in [2.45, 2.75) is 26.4 Å². The van der Waals surface area contributed by atoms with E-state index < -0.39 is 0 Å². The highest BCUT2D eigenvalue weighted by Gasteiger charge is 2.26. The number of likely N-dealkylation sites (tertiary alicyclic amines) is 1. The minimum atomic E-state index is 0.110. The molecule has 0 spiro atoms. The van der Waals surface area contributed by atoms with Crippen LogP contribution in [0.5, 0.6) is 0 Å². The summed E-state index contributed by atoms with van der Waals surface area (Å²) < 4.78 is 5.84. The van der Waals surface area contributed by atoms with Crippen LogP contribution in [-0.4, -0.2) is 30.0 Å². The van der Waals surface area contributed by atoms with Crippen LogP contribution in [0.4, 0.5) is 0 Å². The number of allylic oxidation sites excluding steroid dienone is 1. The van der Waals surface area contributed by atoms with Crippen LogP contribution in [0.25, 0.3) is 0 Å². The molecule has 2 aliphatic heterocycles. The van der Waals surface area contributed by atoms with Crippen molar-refractivity contribution in [3.05, 3.63) is 23.7 Å². The van der Waals surface area contributed by atoms with E-state index in [1.54, 1.807) is 13.1 Å². The van der Waals surface area contributed by atoms with E-state index in [1.165, 1.54) is 0 Å². The minimum absolute atomic E-state index is 0.110. The van der Waals surface area contributed by atoms with E-state index in [-0.39, 0.29) is 12.0 Å². The van der Waals surface area contributed by atoms with E-state index in [0.717, 1.165) is 24.3 Å². The molecule has 5 heteroatoms. The van der Waals surface area contributed by atoms with Crippen molar-refractivity contribution in [1.82, 2.24) is 15.8 Å². The molecule has 5 nitrogen and oxygen atoms in total. The molecule has 1 fully saturated rings. The molecule has 1 amide bonds. The summed E-state index contributed by atoms with van der Waals surface area (Å²) in [5, 5.41) is 0. The number of nitrogens with one attached hydrogen (secondary N) is 2. The van der Waals surface area contributed by atoms with Crippen molar-refractivity contribution in [3.8, 4) is 0 Å². The van der Waals surface area contributed by atoms with Crippen LogP contribution in [0.15, 0.2) is 23.7 Å². The molecule has 2 aliphatic rings. The van der Waals surface area contributed by atoms with E-state index in [9.17, 15) is 4.79 Å². The molecule has 16 heavy (non-hydrogen) atoms. The highest BCUT2D eigenvalue weighted by Crippen LogP contribution is 2.20. The topological polar surface area (TPSA) is 53.6 Å². The van der Waals surface area contributed by atoms with Crippen molar-refractivity contribution < 1.29 is 9.53 Å². The average molecular weight is 223 g/mol. The monoisotopic (exact) mass is 223 g/mol. The second-order valence-corrected chi connectivity index (χ2v) is 4.12. The zero-order valence-electron chi connectivity index (χ0n) is 9.62. The Kier molecular flexibility index (Phi) is 3.03. The number of nitrogens with zero attached hydrogens (tertiary/aromatic N) is 1. The zero-order valence-corrected chi connectivity index (χ0v) is 9.62. The molecule has 2 N–H and O–H groups in total. The number of hydrogen-bond acceptors (Lipinski definition) is 4. The molecule has 2 heterocycles. The van der Waals surface area contributed by atoms with Gasteiger partial charge >= 0.3 is 0 Å². The van der Waals surface area contributed by atoms with Crippen molar-refractivity contribution >= 4 is 5.91 Å². The fourth-order valence-electron chi connectivity index (χ4n) is 1.86. The predicted molar refractivity (Wildman–Crippen MR) is 59.9 cm³/mol. The Morgan fingerprint density at radius 1 is 1.50 bits per heavy atom. The van der Waals surface area contributed by atoms with Crippen molar-refractivity contribution in [3.63, 3.8) is 0 Å². The van der Waals surface area contributed by atoms with Gasteiger partial charge < -0.3 is 20.5 Å². The lowest BCUT2D eigenvalue weighted by atomic mass is 10.2. The van der Waals surface area contributed by atoms with Gasteiger partial charge in [-0.3, -0.25) is 4.79 Å². The Morgan fingerprint density at radius 3 is 2.88 bits per heavy atom. The molecule has 0 aromatic rings. The normalized spacial score (nSPS) is 24.1. The highest BCUT2D eigenvalue weighted by atomic mass is 16.5. The quantitative estimate of drug-likeness (QED) is 0.715. The Balaban J connectivity index is 1.90. The van der Waals surface area contributed by atoms with E-state index in [4.69, 9.17) is 4.74 Å². The maximum atomic E-state index is 11.2. The van der Waals surface area contributed by atoms with Crippen LogP contribution in [0.2, 0.25) is 0 Å². The lowest BCUT2D eigenvalue weighted by Gasteiger charge is -2.20. The van der Waals surface area contributed by atoms with Gasteiger partial charge in [-0.05, 0) is 6.92 Å². The molecule has 0 radical (unpaired) electrons. The van der Waals surface area contributed by atoms with Gasteiger partial charge in [0.2, 0.25) is 5.91 Å². The third kappa shape index (κ3) is 2.29. The maximum Gasteiger partial charge on any atom is 0.219 e. The lowest BCUT2D eigenvalue weighted by molar-refractivity contribution is -0.128. The zero-order chi connectivity index (χ0) is 11.5. The number of carbonyl (C=O) groups excluding carboxylic acids is 1. The molecular formula is C11H17N3O2. The number of amides is 1. The fourth-order valence-corrected chi connectivity index (χ4v) is 1.86. The van der Waals surface area contributed by atoms with E-state index in [2.05, 4.69) is 10.9 Å². The van der Waals surface area contributed by atoms with Gasteiger partial charge in [0.15, 0.2) is 0 Å². The molecule has 0 aromatic heterocycles. The first-order chi connectivity index (χ1) is 7.66. The predicted octanol–water partition coefficient (Wildman–Crippen LogP) is 0.477.